The van der Waals surface area contributed by atoms with Gasteiger partial charge in [-0.2, -0.15) is 5.10 Å². The van der Waals surface area contributed by atoms with Gasteiger partial charge in [-0.25, -0.2) is 0 Å². The van der Waals surface area contributed by atoms with E-state index >= 15 is 0 Å². The van der Waals surface area contributed by atoms with Crippen LogP contribution in [0.3, 0.4) is 0 Å². The van der Waals surface area contributed by atoms with Gasteiger partial charge in [0.1, 0.15) is 0 Å². The van der Waals surface area contributed by atoms with E-state index in [9.17, 15) is 4.79 Å². The average Bonchev–Trinajstić information content (AvgIpc) is 3.06. The fourth-order valence-electron chi connectivity index (χ4n) is 2.24. The molecule has 2 aromatic heterocycles. The summed E-state index contributed by atoms with van der Waals surface area (Å²) in [6.45, 7) is 0.443. The molecule has 120 valence electrons. The lowest BCUT2D eigenvalue weighted by molar-refractivity contribution is -0.116. The smallest absolute Gasteiger partial charge is 0.244 e. The van der Waals surface area contributed by atoms with E-state index in [1.165, 1.54) is 6.08 Å². The van der Waals surface area contributed by atoms with Gasteiger partial charge in [0.25, 0.3) is 0 Å². The summed E-state index contributed by atoms with van der Waals surface area (Å²) < 4.78 is 1.74. The zero-order valence-electron chi connectivity index (χ0n) is 13.4. The van der Waals surface area contributed by atoms with Crippen LogP contribution in [0.5, 0.6) is 0 Å². The minimum atomic E-state index is -0.129. The highest BCUT2D eigenvalue weighted by atomic mass is 16.1. The second-order valence-electron chi connectivity index (χ2n) is 5.42. The molecule has 5 nitrogen and oxygen atoms in total. The number of carbonyl (C=O) groups is 1. The van der Waals surface area contributed by atoms with E-state index in [0.29, 0.717) is 6.54 Å². The van der Waals surface area contributed by atoms with Gasteiger partial charge in [0.05, 0.1) is 11.9 Å². The molecule has 1 aromatic carbocycles. The number of aromatic nitrogens is 3. The zero-order valence-corrected chi connectivity index (χ0v) is 13.4. The Balaban J connectivity index is 1.55. The highest BCUT2D eigenvalue weighted by Crippen LogP contribution is 2.15. The number of nitrogens with zero attached hydrogens (tertiary/aromatic N) is 3. The fourth-order valence-corrected chi connectivity index (χ4v) is 2.24. The average molecular weight is 318 g/mol. The molecule has 24 heavy (non-hydrogen) atoms. The molecular weight excluding hydrogens is 300 g/mol. The second-order valence-corrected chi connectivity index (χ2v) is 5.42. The van der Waals surface area contributed by atoms with Gasteiger partial charge >= 0.3 is 0 Å². The number of rotatable bonds is 5. The number of aryl methyl sites for hydroxylation is 1. The Morgan fingerprint density at radius 1 is 1.17 bits per heavy atom. The van der Waals surface area contributed by atoms with Crippen molar-refractivity contribution in [3.05, 3.63) is 78.3 Å². The minimum absolute atomic E-state index is 0.129. The highest BCUT2D eigenvalue weighted by molar-refractivity contribution is 5.91. The van der Waals surface area contributed by atoms with Crippen molar-refractivity contribution in [3.8, 4) is 11.3 Å². The van der Waals surface area contributed by atoms with Crippen molar-refractivity contribution in [3.63, 3.8) is 0 Å². The first-order valence-corrected chi connectivity index (χ1v) is 7.65. The van der Waals surface area contributed by atoms with Crippen LogP contribution in [0.2, 0.25) is 0 Å². The lowest BCUT2D eigenvalue weighted by atomic mass is 10.2. The van der Waals surface area contributed by atoms with Crippen LogP contribution in [0.4, 0.5) is 0 Å². The molecule has 0 radical (unpaired) electrons. The van der Waals surface area contributed by atoms with E-state index in [0.717, 1.165) is 22.4 Å². The largest absolute Gasteiger partial charge is 0.348 e. The van der Waals surface area contributed by atoms with Crippen molar-refractivity contribution < 1.29 is 4.79 Å². The third kappa shape index (κ3) is 4.16. The van der Waals surface area contributed by atoms with Gasteiger partial charge in [0.15, 0.2) is 0 Å². The van der Waals surface area contributed by atoms with Gasteiger partial charge in [-0.15, -0.1) is 0 Å². The third-order valence-electron chi connectivity index (χ3n) is 3.52. The summed E-state index contributed by atoms with van der Waals surface area (Å²) in [5.74, 6) is -0.129. The molecule has 3 rings (SSSR count). The predicted octanol–water partition coefficient (Wildman–Crippen LogP) is 2.81. The second kappa shape index (κ2) is 7.37. The lowest BCUT2D eigenvalue weighted by Gasteiger charge is -2.03. The molecule has 0 aliphatic carbocycles. The highest BCUT2D eigenvalue weighted by Gasteiger charge is 2.03. The first kappa shape index (κ1) is 15.7. The molecule has 2 heterocycles. The normalized spacial score (nSPS) is 10.9. The van der Waals surface area contributed by atoms with Gasteiger partial charge in [-0.05, 0) is 23.3 Å². The van der Waals surface area contributed by atoms with Gasteiger partial charge in [-0.1, -0.05) is 36.4 Å². The maximum Gasteiger partial charge on any atom is 0.244 e. The predicted molar refractivity (Wildman–Crippen MR) is 93.8 cm³/mol. The van der Waals surface area contributed by atoms with Gasteiger partial charge in [-0.3, -0.25) is 14.5 Å². The number of amides is 1. The summed E-state index contributed by atoms with van der Waals surface area (Å²) in [4.78, 5) is 16.3. The molecule has 0 fully saturated rings. The van der Waals surface area contributed by atoms with Gasteiger partial charge in [0, 0.05) is 37.6 Å². The Morgan fingerprint density at radius 3 is 2.67 bits per heavy atom. The first-order chi connectivity index (χ1) is 11.7. The Kier molecular flexibility index (Phi) is 4.81. The summed E-state index contributed by atoms with van der Waals surface area (Å²) in [5.41, 5.74) is 3.78. The monoisotopic (exact) mass is 318 g/mol. The molecule has 1 amide bonds. The maximum atomic E-state index is 11.9. The van der Waals surface area contributed by atoms with Gasteiger partial charge < -0.3 is 5.32 Å². The number of hydrogen-bond donors (Lipinski definition) is 1. The molecule has 0 saturated heterocycles. The van der Waals surface area contributed by atoms with Crippen LogP contribution < -0.4 is 5.32 Å². The van der Waals surface area contributed by atoms with Gasteiger partial charge in [0.2, 0.25) is 5.91 Å². The maximum absolute atomic E-state index is 11.9. The van der Waals surface area contributed by atoms with E-state index in [1.807, 2.05) is 55.7 Å². The van der Waals surface area contributed by atoms with Crippen molar-refractivity contribution in [1.82, 2.24) is 20.1 Å². The first-order valence-electron chi connectivity index (χ1n) is 7.65. The summed E-state index contributed by atoms with van der Waals surface area (Å²) in [5, 5.41) is 6.98. The molecule has 0 bridgehead atoms. The standard InChI is InChI=1S/C19H18N4O/c1-23-14-17(13-22-23)18-9-7-16(11-20-18)12-21-19(24)10-8-15-5-3-2-4-6-15/h2-11,13-14H,12H2,1H3,(H,21,24)/b10-8+. The van der Waals surface area contributed by atoms with Crippen LogP contribution in [-0.4, -0.2) is 20.7 Å². The van der Waals surface area contributed by atoms with Crippen molar-refractivity contribution in [2.45, 2.75) is 6.54 Å². The molecule has 0 saturated carbocycles. The van der Waals surface area contributed by atoms with Crippen LogP contribution in [-0.2, 0) is 18.4 Å². The Hall–Kier alpha value is -3.21. The topological polar surface area (TPSA) is 59.8 Å². The summed E-state index contributed by atoms with van der Waals surface area (Å²) in [7, 11) is 1.87. The van der Waals surface area contributed by atoms with Crippen LogP contribution in [0, 0.1) is 0 Å². The molecule has 1 N–H and O–H groups in total. The van der Waals surface area contributed by atoms with E-state index in [1.54, 1.807) is 23.2 Å². The number of pyridine rings is 1. The fraction of sp³-hybridized carbons (Fsp3) is 0.105. The van der Waals surface area contributed by atoms with Crippen LogP contribution in [0.25, 0.3) is 17.3 Å². The molecule has 5 heteroatoms. The minimum Gasteiger partial charge on any atom is -0.348 e. The molecule has 0 atom stereocenters. The van der Waals surface area contributed by atoms with Crippen LogP contribution >= 0.6 is 0 Å². The van der Waals surface area contributed by atoms with Crippen molar-refractivity contribution in [2.24, 2.45) is 7.05 Å². The van der Waals surface area contributed by atoms with E-state index in [2.05, 4.69) is 15.4 Å². The number of benzene rings is 1. The molecule has 0 aliphatic rings. The van der Waals surface area contributed by atoms with Crippen molar-refractivity contribution in [2.75, 3.05) is 0 Å². The summed E-state index contributed by atoms with van der Waals surface area (Å²) >= 11 is 0. The van der Waals surface area contributed by atoms with Crippen LogP contribution in [0.15, 0.2) is 67.1 Å². The van der Waals surface area contributed by atoms with E-state index in [4.69, 9.17) is 0 Å². The SMILES string of the molecule is Cn1cc(-c2ccc(CNC(=O)/C=C/c3ccccc3)cn2)cn1. The molecule has 0 unspecified atom stereocenters. The Bertz CT molecular complexity index is 835. The Labute approximate surface area is 140 Å². The molecule has 0 aliphatic heterocycles. The zero-order chi connectivity index (χ0) is 16.8. The molecule has 0 spiro atoms. The lowest BCUT2D eigenvalue weighted by Crippen LogP contribution is -2.20. The van der Waals surface area contributed by atoms with Crippen molar-refractivity contribution in [1.29, 1.82) is 0 Å². The summed E-state index contributed by atoms with van der Waals surface area (Å²) in [6, 6.07) is 13.6. The van der Waals surface area contributed by atoms with E-state index < -0.39 is 0 Å². The molecule has 3 aromatic rings. The van der Waals surface area contributed by atoms with Crippen LogP contribution in [0.1, 0.15) is 11.1 Å². The number of hydrogen-bond acceptors (Lipinski definition) is 3. The number of carbonyl (C=O) groups excluding carboxylic acids is 1. The Morgan fingerprint density at radius 2 is 2.00 bits per heavy atom. The summed E-state index contributed by atoms with van der Waals surface area (Å²) in [6.07, 6.45) is 8.78. The third-order valence-corrected chi connectivity index (χ3v) is 3.52. The van der Waals surface area contributed by atoms with E-state index in [-0.39, 0.29) is 5.91 Å². The number of nitrogens with one attached hydrogen (secondary N) is 1. The van der Waals surface area contributed by atoms with Crippen molar-refractivity contribution >= 4 is 12.0 Å². The quantitative estimate of drug-likeness (QED) is 0.736. The molecular formula is C19H18N4O.